The molecule has 0 saturated carbocycles. The van der Waals surface area contributed by atoms with Gasteiger partial charge in [-0.1, -0.05) is 17.0 Å². The minimum atomic E-state index is -1.61. The van der Waals surface area contributed by atoms with E-state index in [0.29, 0.717) is 9.37 Å². The Kier molecular flexibility index (Phi) is 6.83. The van der Waals surface area contributed by atoms with Gasteiger partial charge in [-0.05, 0) is 34.1 Å². The number of benzene rings is 1. The molecule has 0 aliphatic carbocycles. The van der Waals surface area contributed by atoms with Crippen LogP contribution in [0.5, 0.6) is 0 Å². The van der Waals surface area contributed by atoms with Crippen molar-refractivity contribution in [1.82, 2.24) is 20.0 Å². The Balaban J connectivity index is 1.64. The average molecular weight is 533 g/mol. The minimum absolute atomic E-state index is 0.00497. The van der Waals surface area contributed by atoms with Crippen LogP contribution < -0.4 is 0 Å². The molecule has 8 nitrogen and oxygen atoms in total. The zero-order valence-electron chi connectivity index (χ0n) is 16.0. The summed E-state index contributed by atoms with van der Waals surface area (Å²) >= 11 is 4.43. The number of aromatic nitrogens is 4. The molecular weight excluding hydrogens is 517 g/mol. The molecule has 170 valence electrons. The maximum atomic E-state index is 13.6. The van der Waals surface area contributed by atoms with E-state index in [2.05, 4.69) is 31.2 Å². The number of aliphatic hydroxyl groups is 3. The van der Waals surface area contributed by atoms with E-state index in [1.165, 1.54) is 6.20 Å². The van der Waals surface area contributed by atoms with Crippen LogP contribution in [0.4, 0.5) is 13.2 Å². The first kappa shape index (κ1) is 23.1. The summed E-state index contributed by atoms with van der Waals surface area (Å²) in [6, 6.07) is 2.18. The average Bonchev–Trinajstić information content (AvgIpc) is 3.23. The van der Waals surface area contributed by atoms with Crippen LogP contribution in [0.3, 0.4) is 0 Å². The van der Waals surface area contributed by atoms with Gasteiger partial charge in [-0.25, -0.2) is 17.9 Å². The van der Waals surface area contributed by atoms with Crippen LogP contribution in [-0.4, -0.2) is 65.7 Å². The fraction of sp³-hybridized carbons (Fsp3) is 0.316. The van der Waals surface area contributed by atoms with Crippen molar-refractivity contribution in [3.05, 3.63) is 58.7 Å². The summed E-state index contributed by atoms with van der Waals surface area (Å²) in [5, 5.41) is 38.9. The van der Waals surface area contributed by atoms with E-state index in [9.17, 15) is 28.5 Å². The van der Waals surface area contributed by atoms with E-state index in [1.54, 1.807) is 18.5 Å². The highest BCUT2D eigenvalue weighted by Crippen LogP contribution is 2.38. The molecule has 3 aromatic rings. The Bertz CT molecular complexity index is 1100. The molecule has 4 rings (SSSR count). The van der Waals surface area contributed by atoms with Crippen LogP contribution in [-0.2, 0) is 4.74 Å². The van der Waals surface area contributed by atoms with Crippen molar-refractivity contribution in [2.45, 2.75) is 34.7 Å². The van der Waals surface area contributed by atoms with Gasteiger partial charge in [0.2, 0.25) is 0 Å². The summed E-state index contributed by atoms with van der Waals surface area (Å²) in [4.78, 5) is 4.70. The lowest BCUT2D eigenvalue weighted by molar-refractivity contribution is -0.178. The molecule has 1 aliphatic rings. The van der Waals surface area contributed by atoms with Gasteiger partial charge >= 0.3 is 0 Å². The highest BCUT2D eigenvalue weighted by Gasteiger charge is 2.46. The number of ether oxygens (including phenoxy) is 1. The van der Waals surface area contributed by atoms with Gasteiger partial charge in [0.15, 0.2) is 17.5 Å². The van der Waals surface area contributed by atoms with Crippen LogP contribution in [0, 0.1) is 17.5 Å². The van der Waals surface area contributed by atoms with Gasteiger partial charge in [-0.15, -0.1) is 5.10 Å². The van der Waals surface area contributed by atoms with E-state index in [1.807, 2.05) is 0 Å². The molecule has 1 fully saturated rings. The van der Waals surface area contributed by atoms with Crippen LogP contribution in [0.25, 0.3) is 11.3 Å². The predicted molar refractivity (Wildman–Crippen MR) is 110 cm³/mol. The van der Waals surface area contributed by atoms with Gasteiger partial charge in [-0.3, -0.25) is 4.98 Å². The third kappa shape index (κ3) is 4.54. The third-order valence-electron chi connectivity index (χ3n) is 4.88. The number of hydrogen-bond donors (Lipinski definition) is 3. The third-order valence-corrected chi connectivity index (χ3v) is 6.43. The SMILES string of the molecule is OCC1O[C@H](Sc2cncc(Br)c2)C(O)C(n2cc(-c3cc(F)c(F)c(F)c3)nn2)[C@H]1O. The van der Waals surface area contributed by atoms with Crippen LogP contribution in [0.2, 0.25) is 0 Å². The van der Waals surface area contributed by atoms with Gasteiger partial charge in [0, 0.05) is 27.3 Å². The van der Waals surface area contributed by atoms with Gasteiger partial charge in [0.25, 0.3) is 0 Å². The van der Waals surface area contributed by atoms with Crippen molar-refractivity contribution in [3.63, 3.8) is 0 Å². The number of halogens is 4. The molecule has 0 spiro atoms. The Labute approximate surface area is 192 Å². The molecule has 3 heterocycles. The van der Waals surface area contributed by atoms with Gasteiger partial charge in [0.05, 0.1) is 12.8 Å². The van der Waals surface area contributed by atoms with E-state index in [0.717, 1.165) is 28.6 Å². The zero-order valence-corrected chi connectivity index (χ0v) is 18.4. The molecule has 0 radical (unpaired) electrons. The molecule has 0 amide bonds. The van der Waals surface area contributed by atoms with Crippen LogP contribution in [0.1, 0.15) is 6.04 Å². The lowest BCUT2D eigenvalue weighted by Gasteiger charge is -2.41. The maximum Gasteiger partial charge on any atom is 0.194 e. The topological polar surface area (TPSA) is 114 Å². The van der Waals surface area contributed by atoms with Crippen molar-refractivity contribution in [3.8, 4) is 11.3 Å². The number of aliphatic hydroxyl groups excluding tert-OH is 3. The number of nitrogens with zero attached hydrogens (tertiary/aromatic N) is 4. The lowest BCUT2D eigenvalue weighted by Crippen LogP contribution is -2.55. The highest BCUT2D eigenvalue weighted by atomic mass is 79.9. The van der Waals surface area contributed by atoms with E-state index >= 15 is 0 Å². The van der Waals surface area contributed by atoms with Crippen molar-refractivity contribution in [1.29, 1.82) is 0 Å². The van der Waals surface area contributed by atoms with Crippen LogP contribution >= 0.6 is 27.7 Å². The zero-order chi connectivity index (χ0) is 23.0. The molecule has 1 saturated heterocycles. The predicted octanol–water partition coefficient (Wildman–Crippen LogP) is 2.29. The first-order valence-electron chi connectivity index (χ1n) is 9.25. The Morgan fingerprint density at radius 1 is 1.09 bits per heavy atom. The fourth-order valence-electron chi connectivity index (χ4n) is 3.33. The molecule has 2 aromatic heterocycles. The number of hydrogen-bond acceptors (Lipinski definition) is 8. The number of rotatable bonds is 5. The van der Waals surface area contributed by atoms with E-state index < -0.39 is 53.8 Å². The Morgan fingerprint density at radius 3 is 2.47 bits per heavy atom. The van der Waals surface area contributed by atoms with Crippen molar-refractivity contribution < 1.29 is 33.2 Å². The molecule has 1 aliphatic heterocycles. The van der Waals surface area contributed by atoms with Gasteiger partial charge in [-0.2, -0.15) is 0 Å². The first-order chi connectivity index (χ1) is 15.3. The van der Waals surface area contributed by atoms with Crippen molar-refractivity contribution in [2.75, 3.05) is 6.61 Å². The summed E-state index contributed by atoms with van der Waals surface area (Å²) in [5.41, 5.74) is -0.992. The number of thioether (sulfide) groups is 1. The first-order valence-corrected chi connectivity index (χ1v) is 10.9. The molecule has 32 heavy (non-hydrogen) atoms. The van der Waals surface area contributed by atoms with E-state index in [4.69, 9.17) is 4.74 Å². The van der Waals surface area contributed by atoms with Gasteiger partial charge in [0.1, 0.15) is 35.5 Å². The van der Waals surface area contributed by atoms with Gasteiger partial charge < -0.3 is 20.1 Å². The largest absolute Gasteiger partial charge is 0.394 e. The second-order valence-electron chi connectivity index (χ2n) is 6.99. The monoisotopic (exact) mass is 532 g/mol. The molecule has 3 N–H and O–H groups in total. The van der Waals surface area contributed by atoms with Crippen molar-refractivity contribution >= 4 is 27.7 Å². The molecule has 13 heteroatoms. The highest BCUT2D eigenvalue weighted by molar-refractivity contribution is 9.10. The molecule has 0 bridgehead atoms. The second-order valence-corrected chi connectivity index (χ2v) is 9.08. The number of pyridine rings is 1. The minimum Gasteiger partial charge on any atom is -0.394 e. The molecule has 3 unspecified atom stereocenters. The standard InChI is InChI=1S/C19H16BrF3N4O4S/c20-9-3-10(5-24-4-9)32-19-18(30)16(17(29)14(7-28)31-19)27-6-13(25-26-27)8-1-11(21)15(23)12(22)2-8/h1-6,14,16-19,28-30H,7H2/t14?,16?,17-,18?,19+/m0/s1. The normalized spacial score (nSPS) is 25.8. The lowest BCUT2D eigenvalue weighted by atomic mass is 9.97. The summed E-state index contributed by atoms with van der Waals surface area (Å²) in [5.74, 6) is -4.38. The van der Waals surface area contributed by atoms with Crippen LogP contribution in [0.15, 0.2) is 46.2 Å². The van der Waals surface area contributed by atoms with E-state index in [-0.39, 0.29) is 11.3 Å². The summed E-state index contributed by atoms with van der Waals surface area (Å²) in [6.45, 7) is -0.534. The quantitative estimate of drug-likeness (QED) is 0.429. The maximum absolute atomic E-state index is 13.6. The Morgan fingerprint density at radius 2 is 1.81 bits per heavy atom. The van der Waals surface area contributed by atoms with Crippen molar-refractivity contribution in [2.24, 2.45) is 0 Å². The molecule has 1 aromatic carbocycles. The Hall–Kier alpha value is -2.03. The summed E-state index contributed by atoms with van der Waals surface area (Å²) < 4.78 is 47.9. The second kappa shape index (κ2) is 9.45. The molecular formula is C19H16BrF3N4O4S. The summed E-state index contributed by atoms with van der Waals surface area (Å²) in [7, 11) is 0. The summed E-state index contributed by atoms with van der Waals surface area (Å²) in [6.07, 6.45) is 0.672. The molecule has 5 atom stereocenters. The smallest absolute Gasteiger partial charge is 0.194 e. The fourth-order valence-corrected chi connectivity index (χ4v) is 4.93.